The van der Waals surface area contributed by atoms with Gasteiger partial charge in [-0.15, -0.1) is 0 Å². The first-order valence-electron chi connectivity index (χ1n) is 7.13. The molecule has 0 radical (unpaired) electrons. The van der Waals surface area contributed by atoms with Crippen molar-refractivity contribution in [1.29, 1.82) is 0 Å². The summed E-state index contributed by atoms with van der Waals surface area (Å²) < 4.78 is 19.4. The van der Waals surface area contributed by atoms with Gasteiger partial charge in [-0.3, -0.25) is 4.79 Å². The Labute approximate surface area is 132 Å². The molecule has 0 aliphatic carbocycles. The molecule has 4 heteroatoms. The molecule has 0 saturated carbocycles. The summed E-state index contributed by atoms with van der Waals surface area (Å²) in [4.78, 5) is 12.8. The van der Waals surface area contributed by atoms with E-state index in [1.807, 2.05) is 6.07 Å². The number of carbonyl (C=O) groups is 1. The van der Waals surface area contributed by atoms with Gasteiger partial charge in [0.05, 0.1) is 18.2 Å². The van der Waals surface area contributed by atoms with Gasteiger partial charge in [-0.2, -0.15) is 0 Å². The molecule has 0 atom stereocenters. The first kappa shape index (κ1) is 15.0. The number of methoxy groups -OCH3 is 1. The van der Waals surface area contributed by atoms with Crippen LogP contribution in [-0.2, 0) is 0 Å². The van der Waals surface area contributed by atoms with E-state index in [9.17, 15) is 14.3 Å². The van der Waals surface area contributed by atoms with Crippen LogP contribution in [0.2, 0.25) is 0 Å². The van der Waals surface area contributed by atoms with Gasteiger partial charge in [0.1, 0.15) is 17.3 Å². The fraction of sp³-hybridized carbons (Fsp3) is 0.105. The summed E-state index contributed by atoms with van der Waals surface area (Å²) >= 11 is 0. The highest BCUT2D eigenvalue weighted by atomic mass is 19.1. The van der Waals surface area contributed by atoms with E-state index in [0.717, 1.165) is 0 Å². The molecule has 0 amide bonds. The Morgan fingerprint density at radius 3 is 2.30 bits per heavy atom. The van der Waals surface area contributed by atoms with Crippen LogP contribution in [0.15, 0.2) is 48.5 Å². The van der Waals surface area contributed by atoms with E-state index in [1.165, 1.54) is 25.3 Å². The molecule has 3 nitrogen and oxygen atoms in total. The van der Waals surface area contributed by atoms with Gasteiger partial charge < -0.3 is 9.84 Å². The van der Waals surface area contributed by atoms with Gasteiger partial charge in [-0.25, -0.2) is 4.39 Å². The van der Waals surface area contributed by atoms with Gasteiger partial charge >= 0.3 is 0 Å². The molecule has 3 aromatic rings. The summed E-state index contributed by atoms with van der Waals surface area (Å²) in [5, 5.41) is 11.8. The van der Waals surface area contributed by atoms with E-state index in [-0.39, 0.29) is 16.9 Å². The fourth-order valence-electron chi connectivity index (χ4n) is 2.84. The summed E-state index contributed by atoms with van der Waals surface area (Å²) in [6.07, 6.45) is 0. The van der Waals surface area contributed by atoms with Gasteiger partial charge in [0, 0.05) is 16.3 Å². The molecular weight excluding hydrogens is 295 g/mol. The fourth-order valence-corrected chi connectivity index (χ4v) is 2.84. The standard InChI is InChI=1S/C19H15FO3/c1-11-16(18(22)14-9-5-6-10-15(14)20)17(21)12-7-3-4-8-13(12)19(11)23-2/h3-10,21H,1-2H3. The predicted octanol–water partition coefficient (Wildman–Crippen LogP) is 4.23. The van der Waals surface area contributed by atoms with Crippen LogP contribution in [0.25, 0.3) is 10.8 Å². The number of ketones is 1. The molecule has 0 bridgehead atoms. The molecule has 0 fully saturated rings. The predicted molar refractivity (Wildman–Crippen MR) is 86.7 cm³/mol. The van der Waals surface area contributed by atoms with Crippen LogP contribution in [0.5, 0.6) is 11.5 Å². The third-order valence-electron chi connectivity index (χ3n) is 3.93. The molecule has 0 aliphatic rings. The molecule has 116 valence electrons. The molecule has 0 aliphatic heterocycles. The second-order valence-corrected chi connectivity index (χ2v) is 5.24. The second-order valence-electron chi connectivity index (χ2n) is 5.24. The Morgan fingerprint density at radius 1 is 1.04 bits per heavy atom. The summed E-state index contributed by atoms with van der Waals surface area (Å²) in [6.45, 7) is 1.68. The molecule has 0 aromatic heterocycles. The van der Waals surface area contributed by atoms with Crippen molar-refractivity contribution in [2.75, 3.05) is 7.11 Å². The van der Waals surface area contributed by atoms with Gasteiger partial charge in [0.25, 0.3) is 0 Å². The van der Waals surface area contributed by atoms with Crippen molar-refractivity contribution in [2.45, 2.75) is 6.92 Å². The number of carbonyl (C=O) groups excluding carboxylic acids is 1. The zero-order valence-electron chi connectivity index (χ0n) is 12.8. The quantitative estimate of drug-likeness (QED) is 0.736. The lowest BCUT2D eigenvalue weighted by molar-refractivity contribution is 0.103. The Bertz CT molecular complexity index is 916. The van der Waals surface area contributed by atoms with Crippen LogP contribution in [0.4, 0.5) is 4.39 Å². The minimum atomic E-state index is -0.622. The minimum absolute atomic E-state index is 0.0608. The maximum absolute atomic E-state index is 14.0. The van der Waals surface area contributed by atoms with Gasteiger partial charge in [0.15, 0.2) is 5.78 Å². The third-order valence-corrected chi connectivity index (χ3v) is 3.93. The number of hydrogen-bond acceptors (Lipinski definition) is 3. The van der Waals surface area contributed by atoms with E-state index in [2.05, 4.69) is 0 Å². The Hall–Kier alpha value is -2.88. The van der Waals surface area contributed by atoms with E-state index in [0.29, 0.717) is 22.1 Å². The molecule has 3 aromatic carbocycles. The highest BCUT2D eigenvalue weighted by molar-refractivity contribution is 6.16. The summed E-state index contributed by atoms with van der Waals surface area (Å²) in [5.41, 5.74) is 0.464. The maximum Gasteiger partial charge on any atom is 0.200 e. The minimum Gasteiger partial charge on any atom is -0.507 e. The van der Waals surface area contributed by atoms with Crippen LogP contribution in [0.3, 0.4) is 0 Å². The number of rotatable bonds is 3. The van der Waals surface area contributed by atoms with Gasteiger partial charge in [-0.05, 0) is 19.1 Å². The smallest absolute Gasteiger partial charge is 0.200 e. The van der Waals surface area contributed by atoms with Crippen molar-refractivity contribution < 1.29 is 19.0 Å². The molecule has 1 N–H and O–H groups in total. The Kier molecular flexibility index (Phi) is 3.74. The highest BCUT2D eigenvalue weighted by Gasteiger charge is 2.24. The van der Waals surface area contributed by atoms with E-state index >= 15 is 0 Å². The normalized spacial score (nSPS) is 10.7. The van der Waals surface area contributed by atoms with Crippen LogP contribution < -0.4 is 4.74 Å². The Morgan fingerprint density at radius 2 is 1.65 bits per heavy atom. The molecule has 0 saturated heterocycles. The summed E-state index contributed by atoms with van der Waals surface area (Å²) in [7, 11) is 1.50. The summed E-state index contributed by atoms with van der Waals surface area (Å²) in [5.74, 6) is -0.851. The Balaban J connectivity index is 2.34. The maximum atomic E-state index is 14.0. The average molecular weight is 310 g/mol. The van der Waals surface area contributed by atoms with Crippen LogP contribution >= 0.6 is 0 Å². The van der Waals surface area contributed by atoms with Crippen molar-refractivity contribution in [3.8, 4) is 11.5 Å². The highest BCUT2D eigenvalue weighted by Crippen LogP contribution is 2.40. The number of halogens is 1. The first-order valence-corrected chi connectivity index (χ1v) is 7.13. The van der Waals surface area contributed by atoms with E-state index in [4.69, 9.17) is 4.74 Å². The monoisotopic (exact) mass is 310 g/mol. The summed E-state index contributed by atoms with van der Waals surface area (Å²) in [6, 6.07) is 12.8. The largest absolute Gasteiger partial charge is 0.507 e. The third kappa shape index (κ3) is 2.32. The number of hydrogen-bond donors (Lipinski definition) is 1. The molecule has 0 unspecified atom stereocenters. The number of phenols is 1. The molecule has 23 heavy (non-hydrogen) atoms. The first-order chi connectivity index (χ1) is 11.1. The van der Waals surface area contributed by atoms with E-state index in [1.54, 1.807) is 31.2 Å². The van der Waals surface area contributed by atoms with Gasteiger partial charge in [0.2, 0.25) is 0 Å². The number of aromatic hydroxyl groups is 1. The SMILES string of the molecule is COc1c(C)c(C(=O)c2ccccc2F)c(O)c2ccccc12. The second kappa shape index (κ2) is 5.72. The van der Waals surface area contributed by atoms with Crippen LogP contribution in [0.1, 0.15) is 21.5 Å². The number of phenolic OH excluding ortho intramolecular Hbond substituents is 1. The zero-order valence-corrected chi connectivity index (χ0v) is 12.8. The van der Waals surface area contributed by atoms with Crippen LogP contribution in [0, 0.1) is 12.7 Å². The lowest BCUT2D eigenvalue weighted by Gasteiger charge is -2.16. The topological polar surface area (TPSA) is 46.5 Å². The van der Waals surface area contributed by atoms with Crippen LogP contribution in [-0.4, -0.2) is 18.0 Å². The lowest BCUT2D eigenvalue weighted by atomic mass is 9.93. The zero-order chi connectivity index (χ0) is 16.6. The average Bonchev–Trinajstić information content (AvgIpc) is 2.56. The molecular formula is C19H15FO3. The van der Waals surface area contributed by atoms with Crippen molar-refractivity contribution >= 4 is 16.6 Å². The van der Waals surface area contributed by atoms with E-state index < -0.39 is 11.6 Å². The molecule has 3 rings (SSSR count). The number of fused-ring (bicyclic) bond motifs is 1. The number of benzene rings is 3. The van der Waals surface area contributed by atoms with Crippen molar-refractivity contribution in [1.82, 2.24) is 0 Å². The number of ether oxygens (including phenoxy) is 1. The van der Waals surface area contributed by atoms with Gasteiger partial charge in [-0.1, -0.05) is 36.4 Å². The van der Waals surface area contributed by atoms with Crippen molar-refractivity contribution in [3.05, 3.63) is 71.0 Å². The lowest BCUT2D eigenvalue weighted by Crippen LogP contribution is -2.08. The molecule has 0 heterocycles. The van der Waals surface area contributed by atoms with Crippen molar-refractivity contribution in [3.63, 3.8) is 0 Å². The molecule has 0 spiro atoms. The van der Waals surface area contributed by atoms with Crippen molar-refractivity contribution in [2.24, 2.45) is 0 Å².